The third kappa shape index (κ3) is 4.27. The number of rotatable bonds is 5. The minimum atomic E-state index is -1.06. The summed E-state index contributed by atoms with van der Waals surface area (Å²) in [7, 11) is 0. The Labute approximate surface area is 136 Å². The molecule has 1 heterocycles. The number of aryl methyl sites for hydroxylation is 1. The molecule has 0 spiro atoms. The molecule has 0 radical (unpaired) electrons. The fourth-order valence-corrected chi connectivity index (χ4v) is 2.11. The smallest absolute Gasteiger partial charge is 0.328 e. The van der Waals surface area contributed by atoms with Gasteiger partial charge in [-0.1, -0.05) is 11.6 Å². The van der Waals surface area contributed by atoms with Gasteiger partial charge in [0.05, 0.1) is 9.95 Å². The van der Waals surface area contributed by atoms with Crippen LogP contribution in [0.2, 0.25) is 5.02 Å². The maximum absolute atomic E-state index is 10.6. The van der Waals surface area contributed by atoms with E-state index in [4.69, 9.17) is 21.4 Å². The molecule has 1 aromatic heterocycles. The second-order valence-corrected chi connectivity index (χ2v) is 4.94. The van der Waals surface area contributed by atoms with E-state index in [1.54, 1.807) is 19.1 Å². The highest BCUT2D eigenvalue weighted by atomic mass is 35.5. The number of pyridine rings is 1. The van der Waals surface area contributed by atoms with E-state index in [1.165, 1.54) is 18.2 Å². The van der Waals surface area contributed by atoms with Crippen molar-refractivity contribution in [3.8, 4) is 11.6 Å². The molecule has 1 aromatic carbocycles. The Morgan fingerprint density at radius 3 is 2.70 bits per heavy atom. The lowest BCUT2D eigenvalue weighted by atomic mass is 10.1. The zero-order valence-electron chi connectivity index (χ0n) is 11.9. The van der Waals surface area contributed by atoms with Crippen LogP contribution >= 0.6 is 11.6 Å². The molecule has 0 fully saturated rings. The van der Waals surface area contributed by atoms with E-state index in [0.29, 0.717) is 16.9 Å². The fraction of sp³-hybridized carbons (Fsp3) is 0.0667. The predicted octanol–water partition coefficient (Wildman–Crippen LogP) is 3.84. The third-order valence-electron chi connectivity index (χ3n) is 2.81. The molecule has 8 heteroatoms. The lowest BCUT2D eigenvalue weighted by Crippen LogP contribution is -1.94. The fourth-order valence-electron chi connectivity index (χ4n) is 1.80. The lowest BCUT2D eigenvalue weighted by Gasteiger charge is -2.10. The molecule has 0 saturated carbocycles. The zero-order valence-corrected chi connectivity index (χ0v) is 12.6. The minimum absolute atomic E-state index is 0.144. The first kappa shape index (κ1) is 16.4. The molecular formula is C15H11ClN2O5. The van der Waals surface area contributed by atoms with Crippen LogP contribution in [0.3, 0.4) is 0 Å². The molecule has 23 heavy (non-hydrogen) atoms. The van der Waals surface area contributed by atoms with Crippen LogP contribution < -0.4 is 4.74 Å². The van der Waals surface area contributed by atoms with Crippen LogP contribution in [-0.2, 0) is 4.79 Å². The number of aliphatic carboxylic acids is 1. The summed E-state index contributed by atoms with van der Waals surface area (Å²) in [4.78, 5) is 24.4. The number of nitro groups is 1. The van der Waals surface area contributed by atoms with Crippen LogP contribution in [0.15, 0.2) is 36.5 Å². The summed E-state index contributed by atoms with van der Waals surface area (Å²) in [5, 5.41) is 19.5. The van der Waals surface area contributed by atoms with Gasteiger partial charge in [0.2, 0.25) is 5.88 Å². The molecular weight excluding hydrogens is 324 g/mol. The second kappa shape index (κ2) is 6.89. The normalized spacial score (nSPS) is 10.7. The maximum Gasteiger partial charge on any atom is 0.328 e. The van der Waals surface area contributed by atoms with Gasteiger partial charge in [-0.3, -0.25) is 10.1 Å². The van der Waals surface area contributed by atoms with Crippen molar-refractivity contribution in [2.24, 2.45) is 0 Å². The van der Waals surface area contributed by atoms with Crippen molar-refractivity contribution in [3.05, 3.63) is 62.8 Å². The van der Waals surface area contributed by atoms with Crippen molar-refractivity contribution in [2.45, 2.75) is 6.92 Å². The van der Waals surface area contributed by atoms with Gasteiger partial charge in [0.25, 0.3) is 5.69 Å². The van der Waals surface area contributed by atoms with Gasteiger partial charge in [-0.15, -0.1) is 0 Å². The molecule has 0 atom stereocenters. The number of ether oxygens (including phenoxy) is 1. The van der Waals surface area contributed by atoms with E-state index >= 15 is 0 Å². The van der Waals surface area contributed by atoms with Crippen molar-refractivity contribution in [1.29, 1.82) is 0 Å². The number of aromatic nitrogens is 1. The van der Waals surface area contributed by atoms with Crippen LogP contribution in [-0.4, -0.2) is 21.0 Å². The van der Waals surface area contributed by atoms with Crippen LogP contribution in [0.25, 0.3) is 6.08 Å². The highest BCUT2D eigenvalue weighted by molar-refractivity contribution is 6.32. The Morgan fingerprint density at radius 1 is 1.43 bits per heavy atom. The maximum atomic E-state index is 10.6. The quantitative estimate of drug-likeness (QED) is 0.506. The molecule has 7 nitrogen and oxygen atoms in total. The largest absolute Gasteiger partial charge is 0.478 e. The van der Waals surface area contributed by atoms with E-state index in [2.05, 4.69) is 4.98 Å². The molecule has 118 valence electrons. The monoisotopic (exact) mass is 334 g/mol. The van der Waals surface area contributed by atoms with E-state index in [9.17, 15) is 14.9 Å². The van der Waals surface area contributed by atoms with Gasteiger partial charge in [0.15, 0.2) is 5.75 Å². The first-order chi connectivity index (χ1) is 10.9. The molecule has 0 aliphatic heterocycles. The standard InChI is InChI=1S/C15H11ClN2O5/c1-9-6-10(2-5-14(19)20)7-12(16)15(9)23-13-4-3-11(8-17-13)18(21)22/h2-8H,1H3,(H,19,20)/b5-2+. The molecule has 0 unspecified atom stereocenters. The van der Waals surface area contributed by atoms with E-state index < -0.39 is 10.9 Å². The van der Waals surface area contributed by atoms with Gasteiger partial charge in [-0.2, -0.15) is 0 Å². The number of benzene rings is 1. The average Bonchev–Trinajstić information content (AvgIpc) is 2.49. The number of carboxylic acids is 1. The number of halogens is 1. The van der Waals surface area contributed by atoms with Gasteiger partial charge in [-0.25, -0.2) is 9.78 Å². The van der Waals surface area contributed by atoms with Gasteiger partial charge < -0.3 is 9.84 Å². The Bertz CT molecular complexity index is 764. The summed E-state index contributed by atoms with van der Waals surface area (Å²) in [6, 6.07) is 5.89. The number of hydrogen-bond donors (Lipinski definition) is 1. The lowest BCUT2D eigenvalue weighted by molar-refractivity contribution is -0.385. The first-order valence-electron chi connectivity index (χ1n) is 6.36. The Hall–Kier alpha value is -2.93. The summed E-state index contributed by atoms with van der Waals surface area (Å²) in [5.74, 6) is -0.552. The third-order valence-corrected chi connectivity index (χ3v) is 3.09. The van der Waals surface area contributed by atoms with Crippen LogP contribution in [0.1, 0.15) is 11.1 Å². The number of nitrogens with zero attached hydrogens (tertiary/aromatic N) is 2. The molecule has 0 saturated heterocycles. The molecule has 0 aliphatic carbocycles. The summed E-state index contributed by atoms with van der Waals surface area (Å²) >= 11 is 6.14. The van der Waals surface area contributed by atoms with E-state index in [0.717, 1.165) is 12.3 Å². The predicted molar refractivity (Wildman–Crippen MR) is 83.8 cm³/mol. The number of carboxylic acid groups (broad SMARTS) is 1. The van der Waals surface area contributed by atoms with Crippen LogP contribution in [0.4, 0.5) is 5.69 Å². The van der Waals surface area contributed by atoms with Crippen molar-refractivity contribution in [3.63, 3.8) is 0 Å². The van der Waals surface area contributed by atoms with E-state index in [1.807, 2.05) is 0 Å². The number of carbonyl (C=O) groups is 1. The van der Waals surface area contributed by atoms with Crippen molar-refractivity contribution < 1.29 is 19.6 Å². The molecule has 2 rings (SSSR count). The van der Waals surface area contributed by atoms with Gasteiger partial charge in [0.1, 0.15) is 6.20 Å². The van der Waals surface area contributed by atoms with Gasteiger partial charge in [-0.05, 0) is 36.3 Å². The summed E-state index contributed by atoms with van der Waals surface area (Å²) in [5.41, 5.74) is 1.14. The minimum Gasteiger partial charge on any atom is -0.478 e. The Kier molecular flexibility index (Phi) is 4.92. The summed E-state index contributed by atoms with van der Waals surface area (Å²) < 4.78 is 5.55. The highest BCUT2D eigenvalue weighted by Gasteiger charge is 2.11. The summed E-state index contributed by atoms with van der Waals surface area (Å²) in [6.45, 7) is 1.74. The van der Waals surface area contributed by atoms with Crippen LogP contribution in [0, 0.1) is 17.0 Å². The molecule has 0 amide bonds. The van der Waals surface area contributed by atoms with Crippen molar-refractivity contribution >= 4 is 29.3 Å². The number of hydrogen-bond acceptors (Lipinski definition) is 5. The summed E-state index contributed by atoms with van der Waals surface area (Å²) in [6.07, 6.45) is 3.50. The second-order valence-electron chi connectivity index (χ2n) is 4.53. The first-order valence-corrected chi connectivity index (χ1v) is 6.74. The molecule has 0 bridgehead atoms. The van der Waals surface area contributed by atoms with Gasteiger partial charge in [0, 0.05) is 18.2 Å². The van der Waals surface area contributed by atoms with Crippen LogP contribution in [0.5, 0.6) is 11.6 Å². The average molecular weight is 335 g/mol. The molecule has 2 aromatic rings. The molecule has 0 aliphatic rings. The van der Waals surface area contributed by atoms with Gasteiger partial charge >= 0.3 is 5.97 Å². The Morgan fingerprint density at radius 2 is 2.17 bits per heavy atom. The zero-order chi connectivity index (χ0) is 17.0. The Balaban J connectivity index is 2.26. The van der Waals surface area contributed by atoms with E-state index in [-0.39, 0.29) is 16.6 Å². The molecule has 1 N–H and O–H groups in total. The SMILES string of the molecule is Cc1cc(/C=C/C(=O)O)cc(Cl)c1Oc1ccc([N+](=O)[O-])cn1. The van der Waals surface area contributed by atoms with Crippen molar-refractivity contribution in [1.82, 2.24) is 4.98 Å². The highest BCUT2D eigenvalue weighted by Crippen LogP contribution is 2.33. The van der Waals surface area contributed by atoms with Crippen molar-refractivity contribution in [2.75, 3.05) is 0 Å². The topological polar surface area (TPSA) is 103 Å².